The number of carbonyl (C=O) groups excluding carboxylic acids is 1. The van der Waals surface area contributed by atoms with Gasteiger partial charge in [0.2, 0.25) is 5.13 Å². The molecule has 0 amide bonds. The molecule has 5 nitrogen and oxygen atoms in total. The van der Waals surface area contributed by atoms with Crippen LogP contribution in [-0.4, -0.2) is 29.3 Å². The maximum atomic E-state index is 11.4. The number of hydrogen-bond acceptors (Lipinski definition) is 6. The predicted molar refractivity (Wildman–Crippen MR) is 68.2 cm³/mol. The fourth-order valence-electron chi connectivity index (χ4n) is 1.36. The van der Waals surface area contributed by atoms with E-state index in [2.05, 4.69) is 29.4 Å². The summed E-state index contributed by atoms with van der Waals surface area (Å²) in [6.07, 6.45) is 1.57. The van der Waals surface area contributed by atoms with Crippen molar-refractivity contribution in [1.82, 2.24) is 10.2 Å². The molecule has 1 aromatic heterocycles. The number of ether oxygens (including phenoxy) is 1. The second kappa shape index (κ2) is 6.54. The first kappa shape index (κ1) is 13.9. The number of carbonyl (C=O) groups is 1. The molecule has 1 N–H and O–H groups in total. The lowest BCUT2D eigenvalue weighted by atomic mass is 10.1. The lowest BCUT2D eigenvalue weighted by Crippen LogP contribution is -2.29. The van der Waals surface area contributed by atoms with Gasteiger partial charge in [-0.25, -0.2) is 4.79 Å². The van der Waals surface area contributed by atoms with E-state index in [-0.39, 0.29) is 12.0 Å². The van der Waals surface area contributed by atoms with E-state index >= 15 is 0 Å². The lowest BCUT2D eigenvalue weighted by Gasteiger charge is -2.12. The minimum absolute atomic E-state index is 0.270. The first-order valence-electron chi connectivity index (χ1n) is 5.73. The molecule has 0 fully saturated rings. The summed E-state index contributed by atoms with van der Waals surface area (Å²) in [4.78, 5) is 11.4. The number of rotatable bonds is 6. The maximum absolute atomic E-state index is 11.4. The molecule has 0 aliphatic heterocycles. The molecule has 0 spiro atoms. The minimum atomic E-state index is -0.347. The molecule has 0 saturated carbocycles. The van der Waals surface area contributed by atoms with E-state index in [1.54, 1.807) is 0 Å². The quantitative estimate of drug-likeness (QED) is 0.791. The Morgan fingerprint density at radius 1 is 1.47 bits per heavy atom. The van der Waals surface area contributed by atoms with Gasteiger partial charge in [0, 0.05) is 6.42 Å². The van der Waals surface area contributed by atoms with Crippen LogP contribution in [0.5, 0.6) is 0 Å². The van der Waals surface area contributed by atoms with E-state index < -0.39 is 0 Å². The van der Waals surface area contributed by atoms with Crippen LogP contribution in [0.2, 0.25) is 0 Å². The minimum Gasteiger partial charge on any atom is -0.467 e. The average molecular weight is 257 g/mol. The molecule has 1 atom stereocenters. The van der Waals surface area contributed by atoms with Crippen molar-refractivity contribution in [3.63, 3.8) is 0 Å². The Hall–Kier alpha value is -1.17. The zero-order valence-electron chi connectivity index (χ0n) is 10.7. The smallest absolute Gasteiger partial charge is 0.328 e. The van der Waals surface area contributed by atoms with Crippen molar-refractivity contribution >= 4 is 22.4 Å². The van der Waals surface area contributed by atoms with Gasteiger partial charge in [-0.1, -0.05) is 32.1 Å². The molecule has 0 aliphatic carbocycles. The van der Waals surface area contributed by atoms with Gasteiger partial charge in [-0.2, -0.15) is 0 Å². The molecule has 96 valence electrons. The van der Waals surface area contributed by atoms with Crippen molar-refractivity contribution in [3.8, 4) is 0 Å². The van der Waals surface area contributed by atoms with Crippen molar-refractivity contribution in [3.05, 3.63) is 5.01 Å². The van der Waals surface area contributed by atoms with Gasteiger partial charge in [0.1, 0.15) is 11.0 Å². The Balaban J connectivity index is 2.61. The highest BCUT2D eigenvalue weighted by atomic mass is 32.1. The summed E-state index contributed by atoms with van der Waals surface area (Å²) in [6, 6.07) is -0.347. The summed E-state index contributed by atoms with van der Waals surface area (Å²) in [5.74, 6) is 0.284. The fraction of sp³-hybridized carbons (Fsp3) is 0.727. The van der Waals surface area contributed by atoms with Gasteiger partial charge >= 0.3 is 5.97 Å². The standard InChI is InChI=1S/C11H19N3O2S/c1-5-8(10(15)16-4)12-11-14-13-9(17-11)6-7(2)3/h7-8H,5-6H2,1-4H3,(H,12,14). The van der Waals surface area contributed by atoms with Crippen LogP contribution in [0.15, 0.2) is 0 Å². The number of aromatic nitrogens is 2. The van der Waals surface area contributed by atoms with Crippen molar-refractivity contribution in [2.24, 2.45) is 5.92 Å². The summed E-state index contributed by atoms with van der Waals surface area (Å²) in [7, 11) is 1.39. The summed E-state index contributed by atoms with van der Waals surface area (Å²) in [5, 5.41) is 12.8. The molecule has 1 rings (SSSR count). The Labute approximate surface area is 106 Å². The van der Waals surface area contributed by atoms with E-state index in [0.717, 1.165) is 11.4 Å². The molecule has 1 unspecified atom stereocenters. The third kappa shape index (κ3) is 4.30. The van der Waals surface area contributed by atoms with Gasteiger partial charge in [-0.15, -0.1) is 10.2 Å². The Bertz CT molecular complexity index is 365. The van der Waals surface area contributed by atoms with Crippen molar-refractivity contribution in [2.45, 2.75) is 39.7 Å². The second-order valence-corrected chi connectivity index (χ2v) is 5.29. The Kier molecular flexibility index (Phi) is 5.34. The number of methoxy groups -OCH3 is 1. The highest BCUT2D eigenvalue weighted by Gasteiger charge is 2.18. The molecule has 0 bridgehead atoms. The van der Waals surface area contributed by atoms with Gasteiger partial charge in [0.25, 0.3) is 0 Å². The van der Waals surface area contributed by atoms with Crippen LogP contribution in [0.25, 0.3) is 0 Å². The van der Waals surface area contributed by atoms with E-state index in [4.69, 9.17) is 4.74 Å². The molecule has 1 aromatic rings. The van der Waals surface area contributed by atoms with Gasteiger partial charge in [-0.05, 0) is 12.3 Å². The Morgan fingerprint density at radius 2 is 2.18 bits per heavy atom. The van der Waals surface area contributed by atoms with Crippen LogP contribution in [0.4, 0.5) is 5.13 Å². The average Bonchev–Trinajstić information content (AvgIpc) is 2.71. The van der Waals surface area contributed by atoms with Gasteiger partial charge < -0.3 is 10.1 Å². The normalized spacial score (nSPS) is 12.5. The monoisotopic (exact) mass is 257 g/mol. The van der Waals surface area contributed by atoms with Crippen molar-refractivity contribution in [2.75, 3.05) is 12.4 Å². The van der Waals surface area contributed by atoms with Gasteiger partial charge in [0.05, 0.1) is 7.11 Å². The Morgan fingerprint density at radius 3 is 2.71 bits per heavy atom. The zero-order valence-corrected chi connectivity index (χ0v) is 11.5. The van der Waals surface area contributed by atoms with Crippen molar-refractivity contribution in [1.29, 1.82) is 0 Å². The van der Waals surface area contributed by atoms with Crippen LogP contribution < -0.4 is 5.32 Å². The predicted octanol–water partition coefficient (Wildman–Crippen LogP) is 2.10. The molecule has 0 saturated heterocycles. The summed E-state index contributed by atoms with van der Waals surface area (Å²) in [5.41, 5.74) is 0. The third-order valence-electron chi connectivity index (χ3n) is 2.24. The second-order valence-electron chi connectivity index (χ2n) is 4.23. The van der Waals surface area contributed by atoms with Gasteiger partial charge in [-0.3, -0.25) is 0 Å². The fourth-order valence-corrected chi connectivity index (χ4v) is 2.37. The summed E-state index contributed by atoms with van der Waals surface area (Å²) >= 11 is 1.49. The first-order valence-corrected chi connectivity index (χ1v) is 6.55. The molecule has 17 heavy (non-hydrogen) atoms. The maximum Gasteiger partial charge on any atom is 0.328 e. The molecule has 0 aliphatic rings. The van der Waals surface area contributed by atoms with Crippen LogP contribution >= 0.6 is 11.3 Å². The molecule has 6 heteroatoms. The van der Waals surface area contributed by atoms with Crippen molar-refractivity contribution < 1.29 is 9.53 Å². The van der Waals surface area contributed by atoms with Crippen LogP contribution in [0.1, 0.15) is 32.2 Å². The van der Waals surface area contributed by atoms with Crippen LogP contribution in [0, 0.1) is 5.92 Å². The van der Waals surface area contributed by atoms with E-state index in [9.17, 15) is 4.79 Å². The topological polar surface area (TPSA) is 64.1 Å². The van der Waals surface area contributed by atoms with Crippen LogP contribution in [-0.2, 0) is 16.0 Å². The molecule has 0 aromatic carbocycles. The first-order chi connectivity index (χ1) is 8.06. The summed E-state index contributed by atoms with van der Waals surface area (Å²) < 4.78 is 4.70. The lowest BCUT2D eigenvalue weighted by molar-refractivity contribution is -0.141. The third-order valence-corrected chi connectivity index (χ3v) is 3.12. The van der Waals surface area contributed by atoms with Crippen LogP contribution in [0.3, 0.4) is 0 Å². The highest BCUT2D eigenvalue weighted by molar-refractivity contribution is 7.15. The number of hydrogen-bond donors (Lipinski definition) is 1. The van der Waals surface area contributed by atoms with Gasteiger partial charge in [0.15, 0.2) is 0 Å². The number of esters is 1. The number of nitrogens with zero attached hydrogens (tertiary/aromatic N) is 2. The summed E-state index contributed by atoms with van der Waals surface area (Å²) in [6.45, 7) is 6.19. The van der Waals surface area contributed by atoms with E-state index in [0.29, 0.717) is 17.5 Å². The molecular formula is C11H19N3O2S. The molecule has 1 heterocycles. The molecule has 0 radical (unpaired) electrons. The van der Waals surface area contributed by atoms with E-state index in [1.807, 2.05) is 6.92 Å². The molecular weight excluding hydrogens is 238 g/mol. The van der Waals surface area contributed by atoms with E-state index in [1.165, 1.54) is 18.4 Å². The SMILES string of the molecule is CCC(Nc1nnc(CC(C)C)s1)C(=O)OC. The number of nitrogens with one attached hydrogen (secondary N) is 1. The highest BCUT2D eigenvalue weighted by Crippen LogP contribution is 2.19. The zero-order chi connectivity index (χ0) is 12.8. The number of anilines is 1. The largest absolute Gasteiger partial charge is 0.467 e.